The lowest BCUT2D eigenvalue weighted by Gasteiger charge is -2.47. The third-order valence-corrected chi connectivity index (χ3v) is 9.64. The first-order chi connectivity index (χ1) is 24.9. The maximum atomic E-state index is 16.8. The number of rotatable bonds is 12. The van der Waals surface area contributed by atoms with Crippen LogP contribution < -0.4 is 10.9 Å². The van der Waals surface area contributed by atoms with Crippen LogP contribution in [0.5, 0.6) is 0 Å². The Hall–Kier alpha value is -4.61. The molecule has 6 rings (SSSR count). The molecule has 3 aliphatic heterocycles. The quantitative estimate of drug-likeness (QED) is 0.155. The van der Waals surface area contributed by atoms with E-state index in [0.29, 0.717) is 19.2 Å². The van der Waals surface area contributed by atoms with E-state index < -0.39 is 70.7 Å². The Bertz CT molecular complexity index is 1990. The van der Waals surface area contributed by atoms with Gasteiger partial charge in [-0.2, -0.15) is 13.2 Å². The van der Waals surface area contributed by atoms with E-state index in [0.717, 1.165) is 35.4 Å². The first-order valence-electron chi connectivity index (χ1n) is 17.3. The fourth-order valence-electron chi connectivity index (χ4n) is 7.40. The average Bonchev–Trinajstić information content (AvgIpc) is 3.03. The maximum Gasteiger partial charge on any atom is 0.416 e. The summed E-state index contributed by atoms with van der Waals surface area (Å²) in [6.45, 7) is 9.25. The van der Waals surface area contributed by atoms with Crippen LogP contribution in [0.25, 0.3) is 11.1 Å². The number of aromatic nitrogens is 1. The van der Waals surface area contributed by atoms with Crippen molar-refractivity contribution >= 4 is 11.9 Å². The molecule has 4 heterocycles. The van der Waals surface area contributed by atoms with Gasteiger partial charge in [0.25, 0.3) is 5.56 Å². The molecule has 3 aliphatic rings. The molecule has 3 aromatic rings. The number of hydrogen-bond acceptors (Lipinski definition) is 5. The topological polar surface area (TPSA) is 101 Å². The van der Waals surface area contributed by atoms with Gasteiger partial charge in [0, 0.05) is 55.0 Å². The second-order valence-corrected chi connectivity index (χ2v) is 14.2. The fraction of sp³-hybridized carbons (Fsp3) is 0.462. The zero-order valence-corrected chi connectivity index (χ0v) is 30.0. The minimum absolute atomic E-state index is 0.0212. The van der Waals surface area contributed by atoms with E-state index in [1.165, 1.54) is 20.8 Å². The number of alkyl halides is 3. The normalized spacial score (nSPS) is 18.2. The van der Waals surface area contributed by atoms with Crippen LogP contribution in [0.15, 0.2) is 35.3 Å². The minimum Gasteiger partial charge on any atom is -0.481 e. The molecule has 8 nitrogen and oxygen atoms in total. The van der Waals surface area contributed by atoms with E-state index in [9.17, 15) is 37.1 Å². The molecule has 0 aliphatic carbocycles. The molecule has 53 heavy (non-hydrogen) atoms. The van der Waals surface area contributed by atoms with Crippen molar-refractivity contribution in [2.45, 2.75) is 90.8 Å². The first kappa shape index (κ1) is 39.6. The molecule has 4 atom stereocenters. The molecular weight excluding hydrogens is 704 g/mol. The van der Waals surface area contributed by atoms with E-state index in [-0.39, 0.29) is 70.9 Å². The van der Waals surface area contributed by atoms with E-state index in [4.69, 9.17) is 4.74 Å². The van der Waals surface area contributed by atoms with Crippen LogP contribution in [0.3, 0.4) is 0 Å². The largest absolute Gasteiger partial charge is 0.481 e. The molecule has 14 heteroatoms. The monoisotopic (exact) mass is 745 g/mol. The smallest absolute Gasteiger partial charge is 0.416 e. The Morgan fingerprint density at radius 2 is 1.66 bits per heavy atom. The predicted molar refractivity (Wildman–Crippen MR) is 185 cm³/mol. The number of carbonyl (C=O) groups is 2. The summed E-state index contributed by atoms with van der Waals surface area (Å²) in [6, 6.07) is 0.335. The van der Waals surface area contributed by atoms with Crippen molar-refractivity contribution < 1.29 is 45.8 Å². The molecule has 3 fully saturated rings. The second-order valence-electron chi connectivity index (χ2n) is 14.2. The van der Waals surface area contributed by atoms with Crippen molar-refractivity contribution in [1.82, 2.24) is 14.8 Å². The predicted octanol–water partition coefficient (Wildman–Crippen LogP) is 6.87. The van der Waals surface area contributed by atoms with Crippen LogP contribution in [-0.2, 0) is 26.9 Å². The van der Waals surface area contributed by atoms with Gasteiger partial charge >= 0.3 is 12.1 Å². The highest BCUT2D eigenvalue weighted by Crippen LogP contribution is 2.39. The van der Waals surface area contributed by atoms with Crippen LogP contribution in [0, 0.1) is 49.1 Å². The molecule has 0 radical (unpaired) electrons. The molecule has 2 unspecified atom stereocenters. The average molecular weight is 746 g/mol. The number of carbonyl (C=O) groups excluding carboxylic acids is 1. The molecule has 0 spiro atoms. The van der Waals surface area contributed by atoms with Crippen LogP contribution in [0.1, 0.15) is 85.5 Å². The molecule has 3 saturated heterocycles. The van der Waals surface area contributed by atoms with Crippen molar-refractivity contribution in [3.05, 3.63) is 91.6 Å². The van der Waals surface area contributed by atoms with Crippen molar-refractivity contribution in [1.29, 1.82) is 0 Å². The number of carboxylic acid groups (broad SMARTS) is 1. The molecule has 2 bridgehead atoms. The van der Waals surface area contributed by atoms with Crippen molar-refractivity contribution in [2.24, 2.45) is 5.92 Å². The van der Waals surface area contributed by atoms with Gasteiger partial charge in [0.2, 0.25) is 5.91 Å². The number of aryl methyl sites for hydroxylation is 2. The molecule has 2 aromatic carbocycles. The molecule has 0 saturated carbocycles. The number of hydrogen-bond donors (Lipinski definition) is 2. The number of halogens is 6. The van der Waals surface area contributed by atoms with Gasteiger partial charge in [-0.25, -0.2) is 13.2 Å². The lowest BCUT2D eigenvalue weighted by molar-refractivity contribution is -0.180. The summed E-state index contributed by atoms with van der Waals surface area (Å²) in [5.41, 5.74) is -2.85. The maximum absolute atomic E-state index is 16.8. The second kappa shape index (κ2) is 15.8. The van der Waals surface area contributed by atoms with Gasteiger partial charge in [-0.3, -0.25) is 19.3 Å². The molecular formula is C39H41F6N3O5. The Labute approximate surface area is 303 Å². The summed E-state index contributed by atoms with van der Waals surface area (Å²) in [5, 5.41) is 12.2. The van der Waals surface area contributed by atoms with Gasteiger partial charge in [0.15, 0.2) is 0 Å². The van der Waals surface area contributed by atoms with Crippen LogP contribution in [0.4, 0.5) is 26.3 Å². The lowest BCUT2D eigenvalue weighted by atomic mass is 9.88. The van der Waals surface area contributed by atoms with Crippen LogP contribution in [0.2, 0.25) is 0 Å². The Morgan fingerprint density at radius 1 is 1.04 bits per heavy atom. The van der Waals surface area contributed by atoms with Crippen molar-refractivity contribution in [3.63, 3.8) is 0 Å². The zero-order valence-electron chi connectivity index (χ0n) is 30.0. The number of fused-ring (bicyclic) bond motifs is 2. The molecule has 1 aromatic heterocycles. The first-order valence-corrected chi connectivity index (χ1v) is 17.3. The SMILES string of the molecule is CC#Cc1cc(F)c([C@H](CC(=O)O)NC(=O)[C@@H](CC(C)C)n2cc(CCN3CC4CC(C3)O4)c(C(F)(F)F)cc2=O)c(F)c1-c1c(C)cc(F)cc1C. The van der Waals surface area contributed by atoms with Crippen molar-refractivity contribution in [3.8, 4) is 23.0 Å². The number of pyridine rings is 1. The number of nitrogens with zero attached hydrogens (tertiary/aromatic N) is 2. The van der Waals surface area contributed by atoms with Gasteiger partial charge < -0.3 is 19.7 Å². The Balaban J connectivity index is 1.57. The van der Waals surface area contributed by atoms with E-state index in [1.54, 1.807) is 13.8 Å². The summed E-state index contributed by atoms with van der Waals surface area (Å²) >= 11 is 0. The van der Waals surface area contributed by atoms with E-state index in [2.05, 4.69) is 17.2 Å². The van der Waals surface area contributed by atoms with Crippen LogP contribution >= 0.6 is 0 Å². The number of aliphatic carboxylic acids is 1. The summed E-state index contributed by atoms with van der Waals surface area (Å²) in [4.78, 5) is 41.5. The lowest BCUT2D eigenvalue weighted by Crippen LogP contribution is -2.57. The number of benzene rings is 2. The third-order valence-electron chi connectivity index (χ3n) is 9.64. The molecule has 284 valence electrons. The van der Waals surface area contributed by atoms with Gasteiger partial charge in [0.05, 0.1) is 30.2 Å². The Kier molecular flexibility index (Phi) is 11.8. The highest BCUT2D eigenvalue weighted by Gasteiger charge is 2.40. The third kappa shape index (κ3) is 8.79. The number of morpholine rings is 1. The summed E-state index contributed by atoms with van der Waals surface area (Å²) in [7, 11) is 0. The summed E-state index contributed by atoms with van der Waals surface area (Å²) in [6.07, 6.45) is -4.11. The zero-order chi connectivity index (χ0) is 38.9. The van der Waals surface area contributed by atoms with Gasteiger partial charge in [-0.15, -0.1) is 5.92 Å². The van der Waals surface area contributed by atoms with Crippen LogP contribution in [-0.4, -0.2) is 58.3 Å². The molecule has 2 N–H and O–H groups in total. The summed E-state index contributed by atoms with van der Waals surface area (Å²) in [5.74, 6) is -0.690. The summed E-state index contributed by atoms with van der Waals surface area (Å²) < 4.78 is 96.0. The van der Waals surface area contributed by atoms with Crippen molar-refractivity contribution in [2.75, 3.05) is 19.6 Å². The minimum atomic E-state index is -4.87. The number of ether oxygens (including phenoxy) is 1. The van der Waals surface area contributed by atoms with Gasteiger partial charge in [-0.05, 0) is 80.0 Å². The highest BCUT2D eigenvalue weighted by atomic mass is 19.4. The van der Waals surface area contributed by atoms with Gasteiger partial charge in [0.1, 0.15) is 23.5 Å². The molecule has 1 amide bonds. The number of nitrogens with one attached hydrogen (secondary N) is 1. The number of carboxylic acids is 1. The van der Waals surface area contributed by atoms with E-state index in [1.807, 2.05) is 4.90 Å². The highest BCUT2D eigenvalue weighted by molar-refractivity contribution is 5.83. The number of piperidine rings is 1. The van der Waals surface area contributed by atoms with Gasteiger partial charge in [-0.1, -0.05) is 19.8 Å². The fourth-order valence-corrected chi connectivity index (χ4v) is 7.40. The standard InChI is InChI=1S/C39H41F6N3O5/c1-6-7-23-13-29(41)36(37(42)35(23)34-21(4)11-25(40)12-22(34)5)30(16-33(50)51)46-38(52)31(10-20(2)3)48-17-24(28(15-32(48)49)39(43,44)45)8-9-47-18-26-14-27(19-47)53-26/h11-13,15,17,20,26-27,30-31H,8-10,14,16,18-19H2,1-5H3,(H,46,52)(H,50,51)/t26?,27?,30-,31+/m0/s1. The number of amides is 1. The Morgan fingerprint density at radius 3 is 2.21 bits per heavy atom. The van der Waals surface area contributed by atoms with E-state index >= 15 is 8.78 Å².